The Kier molecular flexibility index (Phi) is 4.29. The van der Waals surface area contributed by atoms with E-state index in [1.54, 1.807) is 18.5 Å². The van der Waals surface area contributed by atoms with Gasteiger partial charge in [0.1, 0.15) is 0 Å². The van der Waals surface area contributed by atoms with Gasteiger partial charge in [0.25, 0.3) is 0 Å². The zero-order chi connectivity index (χ0) is 14.8. The first-order chi connectivity index (χ1) is 9.40. The van der Waals surface area contributed by atoms with E-state index >= 15 is 0 Å². The number of aromatic nitrogens is 2. The molecule has 0 aliphatic heterocycles. The predicted octanol–water partition coefficient (Wildman–Crippen LogP) is 3.41. The van der Waals surface area contributed by atoms with Gasteiger partial charge in [-0.1, -0.05) is 6.07 Å². The average Bonchev–Trinajstić information content (AvgIpc) is 2.40. The summed E-state index contributed by atoms with van der Waals surface area (Å²) < 4.78 is 38.7. The summed E-state index contributed by atoms with van der Waals surface area (Å²) in [7, 11) is 0. The molecule has 0 aliphatic rings. The van der Waals surface area contributed by atoms with Gasteiger partial charge in [-0.05, 0) is 41.9 Å². The van der Waals surface area contributed by atoms with E-state index in [-0.39, 0.29) is 12.1 Å². The van der Waals surface area contributed by atoms with Crippen molar-refractivity contribution in [2.45, 2.75) is 29.7 Å². The summed E-state index contributed by atoms with van der Waals surface area (Å²) >= 11 is 1.08. The van der Waals surface area contributed by atoms with Crippen LogP contribution in [0.1, 0.15) is 16.7 Å². The topological polar surface area (TPSA) is 51.8 Å². The summed E-state index contributed by atoms with van der Waals surface area (Å²) in [5.41, 5.74) is 5.59. The Bertz CT molecular complexity index is 597. The van der Waals surface area contributed by atoms with E-state index in [4.69, 9.17) is 5.73 Å². The zero-order valence-corrected chi connectivity index (χ0v) is 11.4. The van der Waals surface area contributed by atoms with Gasteiger partial charge in [-0.2, -0.15) is 13.2 Å². The highest BCUT2D eigenvalue weighted by atomic mass is 32.2. The van der Waals surface area contributed by atoms with Gasteiger partial charge < -0.3 is 5.73 Å². The summed E-state index contributed by atoms with van der Waals surface area (Å²) in [6.07, 6.45) is -1.18. The molecule has 0 fully saturated rings. The van der Waals surface area contributed by atoms with Crippen LogP contribution in [0.3, 0.4) is 0 Å². The Labute approximate surface area is 118 Å². The lowest BCUT2D eigenvalue weighted by Gasteiger charge is -2.13. The van der Waals surface area contributed by atoms with Crippen molar-refractivity contribution in [1.82, 2.24) is 9.97 Å². The minimum absolute atomic E-state index is 0.0756. The molecule has 0 amide bonds. The first-order valence-electron chi connectivity index (χ1n) is 5.77. The molecule has 2 aromatic rings. The van der Waals surface area contributed by atoms with Crippen molar-refractivity contribution in [2.24, 2.45) is 5.73 Å². The van der Waals surface area contributed by atoms with Crippen LogP contribution in [0.5, 0.6) is 0 Å². The third kappa shape index (κ3) is 3.49. The van der Waals surface area contributed by atoms with Crippen LogP contribution in [-0.4, -0.2) is 9.97 Å². The number of rotatable bonds is 3. The molecule has 7 heteroatoms. The normalized spacial score (nSPS) is 11.7. The monoisotopic (exact) mass is 299 g/mol. The highest BCUT2D eigenvalue weighted by molar-refractivity contribution is 7.99. The second kappa shape index (κ2) is 5.80. The van der Waals surface area contributed by atoms with Crippen LogP contribution in [0, 0.1) is 6.92 Å². The molecule has 1 aromatic carbocycles. The van der Waals surface area contributed by atoms with Gasteiger partial charge in [-0.3, -0.25) is 0 Å². The number of nitrogens with zero attached hydrogens (tertiary/aromatic N) is 2. The summed E-state index contributed by atoms with van der Waals surface area (Å²) in [6.45, 7) is 1.69. The van der Waals surface area contributed by atoms with Crippen molar-refractivity contribution >= 4 is 11.8 Å². The van der Waals surface area contributed by atoms with E-state index in [9.17, 15) is 13.2 Å². The Hall–Kier alpha value is -1.60. The molecule has 0 aliphatic carbocycles. The van der Waals surface area contributed by atoms with Gasteiger partial charge in [0, 0.05) is 23.8 Å². The maximum absolute atomic E-state index is 12.9. The van der Waals surface area contributed by atoms with Gasteiger partial charge >= 0.3 is 6.18 Å². The van der Waals surface area contributed by atoms with Gasteiger partial charge in [0.05, 0.1) is 5.56 Å². The summed E-state index contributed by atoms with van der Waals surface area (Å²) in [5, 5.41) is 0.407. The number of hydrogen-bond donors (Lipinski definition) is 1. The molecule has 0 saturated carbocycles. The van der Waals surface area contributed by atoms with E-state index in [2.05, 4.69) is 9.97 Å². The van der Waals surface area contributed by atoms with Crippen LogP contribution in [-0.2, 0) is 12.7 Å². The van der Waals surface area contributed by atoms with Crippen molar-refractivity contribution in [3.8, 4) is 0 Å². The largest absolute Gasteiger partial charge is 0.416 e. The lowest BCUT2D eigenvalue weighted by atomic mass is 10.1. The summed E-state index contributed by atoms with van der Waals surface area (Å²) in [6, 6.07) is 4.06. The van der Waals surface area contributed by atoms with Gasteiger partial charge in [-0.15, -0.1) is 0 Å². The van der Waals surface area contributed by atoms with Crippen LogP contribution in [0.4, 0.5) is 13.2 Å². The maximum atomic E-state index is 12.9. The van der Waals surface area contributed by atoms with E-state index in [0.29, 0.717) is 10.1 Å². The molecule has 2 rings (SSSR count). The van der Waals surface area contributed by atoms with Crippen molar-refractivity contribution in [1.29, 1.82) is 0 Å². The Morgan fingerprint density at radius 1 is 1.20 bits per heavy atom. The molecule has 106 valence electrons. The molecule has 1 aromatic heterocycles. The van der Waals surface area contributed by atoms with Crippen LogP contribution in [0.2, 0.25) is 0 Å². The van der Waals surface area contributed by atoms with E-state index in [0.717, 1.165) is 23.4 Å². The number of hydrogen-bond acceptors (Lipinski definition) is 4. The van der Waals surface area contributed by atoms with Crippen molar-refractivity contribution in [3.05, 3.63) is 47.3 Å². The molecule has 1 heterocycles. The Morgan fingerprint density at radius 3 is 2.40 bits per heavy atom. The predicted molar refractivity (Wildman–Crippen MR) is 70.2 cm³/mol. The third-order valence-corrected chi connectivity index (χ3v) is 3.46. The van der Waals surface area contributed by atoms with Gasteiger partial charge in [0.15, 0.2) is 5.16 Å². The lowest BCUT2D eigenvalue weighted by Crippen LogP contribution is -2.12. The van der Waals surface area contributed by atoms with Gasteiger partial charge in [0.2, 0.25) is 0 Å². The highest BCUT2D eigenvalue weighted by Crippen LogP contribution is 2.35. The second-order valence-corrected chi connectivity index (χ2v) is 5.21. The smallest absolute Gasteiger partial charge is 0.326 e. The maximum Gasteiger partial charge on any atom is 0.416 e. The zero-order valence-electron chi connectivity index (χ0n) is 10.6. The first-order valence-corrected chi connectivity index (χ1v) is 6.58. The molecule has 2 N–H and O–H groups in total. The minimum Gasteiger partial charge on any atom is -0.326 e. The van der Waals surface area contributed by atoms with E-state index < -0.39 is 11.7 Å². The molecular weight excluding hydrogens is 287 g/mol. The fourth-order valence-corrected chi connectivity index (χ4v) is 2.33. The van der Waals surface area contributed by atoms with Gasteiger partial charge in [-0.25, -0.2) is 9.97 Å². The van der Waals surface area contributed by atoms with Crippen LogP contribution >= 0.6 is 11.8 Å². The molecule has 0 atom stereocenters. The molecule has 0 unspecified atom stereocenters. The van der Waals surface area contributed by atoms with Crippen LogP contribution in [0.15, 0.2) is 40.6 Å². The third-order valence-electron chi connectivity index (χ3n) is 2.57. The number of halogens is 3. The summed E-state index contributed by atoms with van der Waals surface area (Å²) in [5.74, 6) is 0. The number of nitrogens with two attached hydrogens (primary N) is 1. The van der Waals surface area contributed by atoms with E-state index in [1.807, 2.05) is 6.92 Å². The quantitative estimate of drug-likeness (QED) is 0.882. The number of alkyl halides is 3. The lowest BCUT2D eigenvalue weighted by molar-refractivity contribution is -0.138. The first kappa shape index (κ1) is 14.8. The molecule has 0 bridgehead atoms. The summed E-state index contributed by atoms with van der Waals surface area (Å²) in [4.78, 5) is 8.54. The van der Waals surface area contributed by atoms with Crippen molar-refractivity contribution in [2.75, 3.05) is 0 Å². The van der Waals surface area contributed by atoms with Crippen molar-refractivity contribution in [3.63, 3.8) is 0 Å². The number of benzene rings is 1. The fourth-order valence-electron chi connectivity index (χ4n) is 1.60. The number of aryl methyl sites for hydroxylation is 1. The molecule has 20 heavy (non-hydrogen) atoms. The molecule has 0 spiro atoms. The Balaban J connectivity index is 2.31. The van der Waals surface area contributed by atoms with Crippen molar-refractivity contribution < 1.29 is 13.2 Å². The SMILES string of the molecule is Cc1cnc(Sc2ccc(CN)c(C(F)(F)F)c2)nc1. The molecule has 0 saturated heterocycles. The highest BCUT2D eigenvalue weighted by Gasteiger charge is 2.33. The average molecular weight is 299 g/mol. The standard InChI is InChI=1S/C13H12F3N3S/c1-8-6-18-12(19-7-8)20-10-3-2-9(5-17)11(4-10)13(14,15)16/h2-4,6-7H,5,17H2,1H3. The molecule has 0 radical (unpaired) electrons. The minimum atomic E-state index is -4.42. The van der Waals surface area contributed by atoms with E-state index in [1.165, 1.54) is 6.07 Å². The fraction of sp³-hybridized carbons (Fsp3) is 0.231. The van der Waals surface area contributed by atoms with Crippen LogP contribution < -0.4 is 5.73 Å². The second-order valence-electron chi connectivity index (χ2n) is 4.17. The molecule has 3 nitrogen and oxygen atoms in total. The van der Waals surface area contributed by atoms with Crippen LogP contribution in [0.25, 0.3) is 0 Å². The molecular formula is C13H12F3N3S. The Morgan fingerprint density at radius 2 is 1.85 bits per heavy atom.